The Labute approximate surface area is 150 Å². The lowest BCUT2D eigenvalue weighted by molar-refractivity contribution is 0.0472. The first-order valence-electron chi connectivity index (χ1n) is 8.15. The fourth-order valence-electron chi connectivity index (χ4n) is 2.62. The number of esters is 2. The van der Waals surface area contributed by atoms with Gasteiger partial charge in [-0.25, -0.2) is 9.59 Å². The number of ether oxygens (including phenoxy) is 2. The Morgan fingerprint density at radius 2 is 1.58 bits per heavy atom. The molecule has 0 fully saturated rings. The molecule has 0 spiro atoms. The van der Waals surface area contributed by atoms with Crippen molar-refractivity contribution in [1.29, 1.82) is 0 Å². The standard InChI is InChI=1S/C19H21NO6/c1-4-25-19(24)17-12(3)20-11(2)16(17)15(22)10-26-18(23)14-7-5-13(9-21)6-8-14/h5-8,20-21H,4,9-10H2,1-3H3. The van der Waals surface area contributed by atoms with E-state index >= 15 is 0 Å². The quantitative estimate of drug-likeness (QED) is 0.581. The van der Waals surface area contributed by atoms with Crippen molar-refractivity contribution in [1.82, 2.24) is 4.98 Å². The molecular formula is C19H21NO6. The van der Waals surface area contributed by atoms with Crippen LogP contribution in [0, 0.1) is 13.8 Å². The van der Waals surface area contributed by atoms with Gasteiger partial charge >= 0.3 is 11.9 Å². The number of aliphatic hydroxyl groups excluding tert-OH is 1. The minimum Gasteiger partial charge on any atom is -0.462 e. The van der Waals surface area contributed by atoms with Crippen molar-refractivity contribution in [2.45, 2.75) is 27.4 Å². The zero-order valence-corrected chi connectivity index (χ0v) is 14.9. The van der Waals surface area contributed by atoms with Crippen molar-refractivity contribution >= 4 is 17.7 Å². The van der Waals surface area contributed by atoms with Gasteiger partial charge in [0, 0.05) is 11.4 Å². The topological polar surface area (TPSA) is 106 Å². The predicted molar refractivity (Wildman–Crippen MR) is 93.2 cm³/mol. The summed E-state index contributed by atoms with van der Waals surface area (Å²) in [6, 6.07) is 6.20. The maximum Gasteiger partial charge on any atom is 0.340 e. The minimum absolute atomic E-state index is 0.128. The number of rotatable bonds is 7. The van der Waals surface area contributed by atoms with Crippen molar-refractivity contribution in [3.05, 3.63) is 57.9 Å². The zero-order chi connectivity index (χ0) is 19.3. The van der Waals surface area contributed by atoms with Gasteiger partial charge in [-0.1, -0.05) is 12.1 Å². The Balaban J connectivity index is 2.12. The van der Waals surface area contributed by atoms with Crippen molar-refractivity contribution in [3.63, 3.8) is 0 Å². The Bertz CT molecular complexity index is 819. The van der Waals surface area contributed by atoms with Gasteiger partial charge in [-0.05, 0) is 38.5 Å². The molecule has 0 unspecified atom stereocenters. The summed E-state index contributed by atoms with van der Waals surface area (Å²) in [5, 5.41) is 9.00. The highest BCUT2D eigenvalue weighted by molar-refractivity contribution is 6.09. The molecule has 26 heavy (non-hydrogen) atoms. The molecule has 2 rings (SSSR count). The second-order valence-corrected chi connectivity index (χ2v) is 5.70. The number of nitrogens with one attached hydrogen (secondary N) is 1. The number of aromatic amines is 1. The normalized spacial score (nSPS) is 10.5. The van der Waals surface area contributed by atoms with Crippen molar-refractivity contribution < 1.29 is 29.0 Å². The Hall–Kier alpha value is -2.93. The van der Waals surface area contributed by atoms with Gasteiger partial charge in [0.15, 0.2) is 6.61 Å². The third-order valence-electron chi connectivity index (χ3n) is 3.84. The van der Waals surface area contributed by atoms with E-state index < -0.39 is 24.3 Å². The van der Waals surface area contributed by atoms with Gasteiger partial charge in [-0.15, -0.1) is 0 Å². The average molecular weight is 359 g/mol. The molecular weight excluding hydrogens is 338 g/mol. The first kappa shape index (κ1) is 19.4. The largest absolute Gasteiger partial charge is 0.462 e. The molecule has 0 radical (unpaired) electrons. The van der Waals surface area contributed by atoms with Crippen LogP contribution in [0.4, 0.5) is 0 Å². The lowest BCUT2D eigenvalue weighted by atomic mass is 10.1. The van der Waals surface area contributed by atoms with E-state index in [9.17, 15) is 14.4 Å². The van der Waals surface area contributed by atoms with Crippen molar-refractivity contribution in [3.8, 4) is 0 Å². The van der Waals surface area contributed by atoms with Crippen molar-refractivity contribution in [2.24, 2.45) is 0 Å². The van der Waals surface area contributed by atoms with E-state index in [2.05, 4.69) is 4.98 Å². The number of ketones is 1. The highest BCUT2D eigenvalue weighted by Crippen LogP contribution is 2.20. The first-order chi connectivity index (χ1) is 12.4. The number of carbonyl (C=O) groups excluding carboxylic acids is 3. The van der Waals surface area contributed by atoms with Gasteiger partial charge in [0.1, 0.15) is 0 Å². The number of hydrogen-bond acceptors (Lipinski definition) is 6. The summed E-state index contributed by atoms with van der Waals surface area (Å²) in [6.07, 6.45) is 0. The molecule has 0 aliphatic rings. The number of carbonyl (C=O) groups is 3. The molecule has 0 amide bonds. The van der Waals surface area contributed by atoms with Crippen LogP contribution in [0.3, 0.4) is 0 Å². The molecule has 0 atom stereocenters. The number of aliphatic hydroxyl groups is 1. The molecule has 7 heteroatoms. The summed E-state index contributed by atoms with van der Waals surface area (Å²) >= 11 is 0. The molecule has 1 aromatic heterocycles. The lowest BCUT2D eigenvalue weighted by Crippen LogP contribution is -2.18. The maximum absolute atomic E-state index is 12.5. The second kappa shape index (κ2) is 8.44. The molecule has 1 aromatic carbocycles. The Kier molecular flexibility index (Phi) is 6.30. The van der Waals surface area contributed by atoms with E-state index in [0.29, 0.717) is 17.0 Å². The average Bonchev–Trinajstić information content (AvgIpc) is 2.93. The summed E-state index contributed by atoms with van der Waals surface area (Å²) < 4.78 is 10.1. The van der Waals surface area contributed by atoms with Gasteiger partial charge in [-0.2, -0.15) is 0 Å². The Morgan fingerprint density at radius 1 is 0.962 bits per heavy atom. The molecule has 7 nitrogen and oxygen atoms in total. The van der Waals surface area contributed by atoms with Gasteiger partial charge in [-0.3, -0.25) is 4.79 Å². The molecule has 0 bridgehead atoms. The SMILES string of the molecule is CCOC(=O)c1c(C)[nH]c(C)c1C(=O)COC(=O)c1ccc(CO)cc1. The third kappa shape index (κ3) is 4.18. The van der Waals surface area contributed by atoms with E-state index in [-0.39, 0.29) is 29.9 Å². The molecule has 2 N–H and O–H groups in total. The zero-order valence-electron chi connectivity index (χ0n) is 14.9. The monoisotopic (exact) mass is 359 g/mol. The van der Waals surface area contributed by atoms with Crippen LogP contribution >= 0.6 is 0 Å². The summed E-state index contributed by atoms with van der Waals surface area (Å²) in [4.78, 5) is 39.6. The predicted octanol–water partition coefficient (Wildman–Crippen LogP) is 2.34. The lowest BCUT2D eigenvalue weighted by Gasteiger charge is -2.07. The first-order valence-corrected chi connectivity index (χ1v) is 8.15. The van der Waals surface area contributed by atoms with Gasteiger partial charge in [0.2, 0.25) is 5.78 Å². The van der Waals surface area contributed by atoms with Gasteiger partial charge < -0.3 is 19.6 Å². The molecule has 0 saturated carbocycles. The van der Waals surface area contributed by atoms with E-state index in [1.165, 1.54) is 12.1 Å². The Morgan fingerprint density at radius 3 is 2.15 bits per heavy atom. The van der Waals surface area contributed by atoms with E-state index in [1.54, 1.807) is 32.9 Å². The van der Waals surface area contributed by atoms with Gasteiger partial charge in [0.05, 0.1) is 29.9 Å². The minimum atomic E-state index is -0.662. The maximum atomic E-state index is 12.5. The van der Waals surface area contributed by atoms with E-state index in [1.807, 2.05) is 0 Å². The van der Waals surface area contributed by atoms with E-state index in [0.717, 1.165) is 0 Å². The number of benzene rings is 1. The van der Waals surface area contributed by atoms with Crippen molar-refractivity contribution in [2.75, 3.05) is 13.2 Å². The molecule has 0 aliphatic carbocycles. The number of aryl methyl sites for hydroxylation is 2. The van der Waals surface area contributed by atoms with Crippen LogP contribution in [0.5, 0.6) is 0 Å². The molecule has 2 aromatic rings. The fourth-order valence-corrected chi connectivity index (χ4v) is 2.62. The van der Waals surface area contributed by atoms with Gasteiger partial charge in [0.25, 0.3) is 0 Å². The van der Waals surface area contributed by atoms with Crippen LogP contribution in [0.25, 0.3) is 0 Å². The molecule has 138 valence electrons. The van der Waals surface area contributed by atoms with Crippen LogP contribution in [0.15, 0.2) is 24.3 Å². The number of hydrogen-bond donors (Lipinski definition) is 2. The smallest absolute Gasteiger partial charge is 0.340 e. The summed E-state index contributed by atoms with van der Waals surface area (Å²) in [5.41, 5.74) is 2.30. The fraction of sp³-hybridized carbons (Fsp3) is 0.316. The highest BCUT2D eigenvalue weighted by Gasteiger charge is 2.26. The van der Waals surface area contributed by atoms with Crippen LogP contribution in [0.1, 0.15) is 54.9 Å². The highest BCUT2D eigenvalue weighted by atomic mass is 16.5. The van der Waals surface area contributed by atoms with Crippen LogP contribution in [-0.4, -0.2) is 41.0 Å². The molecule has 0 aliphatic heterocycles. The number of H-pyrrole nitrogens is 1. The summed E-state index contributed by atoms with van der Waals surface area (Å²) in [5.74, 6) is -1.75. The number of Topliss-reactive ketones (excluding diaryl/α,β-unsaturated/α-hetero) is 1. The third-order valence-corrected chi connectivity index (χ3v) is 3.84. The summed E-state index contributed by atoms with van der Waals surface area (Å²) in [7, 11) is 0. The molecule has 1 heterocycles. The molecule has 0 saturated heterocycles. The number of aromatic nitrogens is 1. The second-order valence-electron chi connectivity index (χ2n) is 5.70. The van der Waals surface area contributed by atoms with Crippen LogP contribution < -0.4 is 0 Å². The van der Waals surface area contributed by atoms with Crippen LogP contribution in [0.2, 0.25) is 0 Å². The van der Waals surface area contributed by atoms with E-state index in [4.69, 9.17) is 14.6 Å². The summed E-state index contributed by atoms with van der Waals surface area (Å²) in [6.45, 7) is 4.58. The van der Waals surface area contributed by atoms with Crippen LogP contribution in [-0.2, 0) is 16.1 Å².